The molecule has 3 amide bonds. The van der Waals surface area contributed by atoms with Crippen molar-refractivity contribution in [2.24, 2.45) is 17.8 Å². The minimum absolute atomic E-state index is 0.130. The number of aliphatic hydroxyl groups excluding tert-OH is 1. The van der Waals surface area contributed by atoms with Gasteiger partial charge < -0.3 is 15.3 Å². The molecule has 3 fully saturated rings. The van der Waals surface area contributed by atoms with Crippen LogP contribution in [0.5, 0.6) is 0 Å². The fraction of sp³-hybridized carbons (Fsp3) is 0.875. The van der Waals surface area contributed by atoms with Crippen LogP contribution in [0.25, 0.3) is 0 Å². The number of carbonyl (C=O) groups excluding carboxylic acids is 2. The van der Waals surface area contributed by atoms with E-state index in [1.165, 1.54) is 0 Å². The summed E-state index contributed by atoms with van der Waals surface area (Å²) in [6.45, 7) is 4.60. The van der Waals surface area contributed by atoms with E-state index in [-0.39, 0.29) is 24.9 Å². The van der Waals surface area contributed by atoms with Crippen LogP contribution in [0.4, 0.5) is 9.18 Å². The maximum atomic E-state index is 15.3. The molecule has 3 N–H and O–H groups in total. The van der Waals surface area contributed by atoms with Gasteiger partial charge in [0, 0.05) is 25.6 Å². The van der Waals surface area contributed by atoms with Gasteiger partial charge in [0.05, 0.1) is 18.7 Å². The highest BCUT2D eigenvalue weighted by Gasteiger charge is 2.53. The first-order valence-electron chi connectivity index (χ1n) is 9.27. The van der Waals surface area contributed by atoms with Crippen LogP contribution in [-0.2, 0) is 15.0 Å². The number of nitrogens with zero attached hydrogens (tertiary/aromatic N) is 2. The second-order valence-electron chi connectivity index (χ2n) is 8.05. The number of fused-ring (bicyclic) bond motifs is 1. The van der Waals surface area contributed by atoms with E-state index in [1.807, 2.05) is 18.6 Å². The molecule has 27 heavy (non-hydrogen) atoms. The molecule has 9 nitrogen and oxygen atoms in total. The maximum Gasteiger partial charge on any atom is 0.317 e. The summed E-state index contributed by atoms with van der Waals surface area (Å²) in [5.74, 6) is -1.16. The second kappa shape index (κ2) is 7.51. The van der Waals surface area contributed by atoms with E-state index in [9.17, 15) is 23.1 Å². The largest absolute Gasteiger partial charge is 0.391 e. The van der Waals surface area contributed by atoms with Crippen LogP contribution >= 0.6 is 0 Å². The van der Waals surface area contributed by atoms with Crippen molar-refractivity contribution in [2.75, 3.05) is 26.2 Å². The number of urea groups is 1. The lowest BCUT2D eigenvalue weighted by Crippen LogP contribution is -2.62. The van der Waals surface area contributed by atoms with Gasteiger partial charge in [-0.2, -0.15) is 12.7 Å². The molecular formula is C16H27FN4O5S. The van der Waals surface area contributed by atoms with E-state index in [2.05, 4.69) is 5.32 Å². The van der Waals surface area contributed by atoms with E-state index in [0.29, 0.717) is 25.4 Å². The van der Waals surface area contributed by atoms with Crippen molar-refractivity contribution in [1.82, 2.24) is 19.2 Å². The zero-order valence-electron chi connectivity index (χ0n) is 15.5. The molecule has 5 atom stereocenters. The number of hydrogen-bond donors (Lipinski definition) is 3. The maximum absolute atomic E-state index is 15.3. The summed E-state index contributed by atoms with van der Waals surface area (Å²) in [4.78, 5) is 25.3. The highest BCUT2D eigenvalue weighted by atomic mass is 32.2. The van der Waals surface area contributed by atoms with Crippen LogP contribution in [0.3, 0.4) is 0 Å². The molecule has 1 saturated carbocycles. The fourth-order valence-corrected chi connectivity index (χ4v) is 5.60. The molecule has 3 aliphatic rings. The number of amides is 3. The third-order valence-corrected chi connectivity index (χ3v) is 7.09. The van der Waals surface area contributed by atoms with Crippen LogP contribution in [-0.4, -0.2) is 79.2 Å². The summed E-state index contributed by atoms with van der Waals surface area (Å²) in [5.41, 5.74) is 0. The lowest BCUT2D eigenvalue weighted by atomic mass is 9.70. The number of halogens is 1. The molecule has 154 valence electrons. The van der Waals surface area contributed by atoms with Crippen molar-refractivity contribution in [3.8, 4) is 0 Å². The quantitative estimate of drug-likeness (QED) is 0.580. The highest BCUT2D eigenvalue weighted by Crippen LogP contribution is 2.41. The summed E-state index contributed by atoms with van der Waals surface area (Å²) < 4.78 is 42.1. The van der Waals surface area contributed by atoms with Gasteiger partial charge in [0.15, 0.2) is 0 Å². The molecular weight excluding hydrogens is 379 g/mol. The van der Waals surface area contributed by atoms with Crippen molar-refractivity contribution in [3.05, 3.63) is 0 Å². The number of likely N-dealkylation sites (tertiary alicyclic amines) is 1. The van der Waals surface area contributed by atoms with E-state index < -0.39 is 46.9 Å². The number of aliphatic hydroxyl groups is 1. The third kappa shape index (κ3) is 4.04. The van der Waals surface area contributed by atoms with Crippen molar-refractivity contribution >= 4 is 22.1 Å². The summed E-state index contributed by atoms with van der Waals surface area (Å²) in [6, 6.07) is -1.59. The first kappa shape index (κ1) is 20.3. The Morgan fingerprint density at radius 2 is 2.15 bits per heavy atom. The molecule has 3 rings (SSSR count). The first-order chi connectivity index (χ1) is 12.6. The van der Waals surface area contributed by atoms with Crippen LogP contribution in [0.2, 0.25) is 0 Å². The molecule has 1 aliphatic carbocycles. The Kier molecular flexibility index (Phi) is 5.64. The van der Waals surface area contributed by atoms with E-state index in [0.717, 1.165) is 4.31 Å². The number of carbonyl (C=O) groups is 2. The molecule has 2 aliphatic heterocycles. The van der Waals surface area contributed by atoms with Crippen LogP contribution in [0.15, 0.2) is 0 Å². The topological polar surface area (TPSA) is 119 Å². The van der Waals surface area contributed by atoms with Crippen molar-refractivity contribution in [3.63, 3.8) is 0 Å². The van der Waals surface area contributed by atoms with Crippen LogP contribution in [0, 0.1) is 17.8 Å². The Labute approximate surface area is 158 Å². The zero-order chi connectivity index (χ0) is 19.9. The molecule has 0 aromatic carbocycles. The monoisotopic (exact) mass is 406 g/mol. The lowest BCUT2D eigenvalue weighted by Gasteiger charge is -2.48. The van der Waals surface area contributed by atoms with Gasteiger partial charge >= 0.3 is 16.2 Å². The normalized spacial score (nSPS) is 36.4. The first-order valence-corrected chi connectivity index (χ1v) is 10.7. The van der Waals surface area contributed by atoms with Gasteiger partial charge in [-0.15, -0.1) is 0 Å². The molecule has 0 bridgehead atoms. The zero-order valence-corrected chi connectivity index (χ0v) is 16.3. The lowest BCUT2D eigenvalue weighted by molar-refractivity contribution is -0.119. The van der Waals surface area contributed by atoms with Gasteiger partial charge in [0.1, 0.15) is 6.17 Å². The molecule has 0 spiro atoms. The van der Waals surface area contributed by atoms with E-state index in [4.69, 9.17) is 0 Å². The molecule has 5 unspecified atom stereocenters. The summed E-state index contributed by atoms with van der Waals surface area (Å²) in [7, 11) is -4.15. The molecule has 0 aromatic heterocycles. The average Bonchev–Trinajstić information content (AvgIpc) is 2.84. The van der Waals surface area contributed by atoms with Gasteiger partial charge in [-0.1, -0.05) is 13.8 Å². The van der Waals surface area contributed by atoms with Gasteiger partial charge in [0.25, 0.3) is 0 Å². The van der Waals surface area contributed by atoms with E-state index >= 15 is 4.39 Å². The summed E-state index contributed by atoms with van der Waals surface area (Å²) in [5, 5.41) is 13.2. The highest BCUT2D eigenvalue weighted by molar-refractivity contribution is 7.88. The number of rotatable bonds is 3. The minimum atomic E-state index is -4.15. The van der Waals surface area contributed by atoms with Crippen LogP contribution in [0.1, 0.15) is 26.7 Å². The smallest absolute Gasteiger partial charge is 0.317 e. The SMILES string of the molecule is CC(C)CNC(=O)N1CCC2CC(O)C(N3CC(=O)NS3(=O)=O)C(F)C2C1. The van der Waals surface area contributed by atoms with Crippen LogP contribution < -0.4 is 10.0 Å². The molecule has 2 heterocycles. The Hall–Kier alpha value is -1.46. The predicted octanol–water partition coefficient (Wildman–Crippen LogP) is -0.562. The Balaban J connectivity index is 1.73. The van der Waals surface area contributed by atoms with Gasteiger partial charge in [-0.25, -0.2) is 13.9 Å². The Morgan fingerprint density at radius 1 is 1.44 bits per heavy atom. The second-order valence-corrected chi connectivity index (χ2v) is 9.68. The van der Waals surface area contributed by atoms with E-state index in [1.54, 1.807) is 4.90 Å². The van der Waals surface area contributed by atoms with Crippen molar-refractivity contribution in [2.45, 2.75) is 45.0 Å². The number of hydrogen-bond acceptors (Lipinski definition) is 5. The van der Waals surface area contributed by atoms with Gasteiger partial charge in [-0.05, 0) is 24.7 Å². The predicted molar refractivity (Wildman–Crippen MR) is 94.5 cm³/mol. The van der Waals surface area contributed by atoms with Crippen molar-refractivity contribution in [1.29, 1.82) is 0 Å². The summed E-state index contributed by atoms with van der Waals surface area (Å²) >= 11 is 0. The Bertz CT molecular complexity index is 703. The minimum Gasteiger partial charge on any atom is -0.391 e. The third-order valence-electron chi connectivity index (χ3n) is 5.61. The van der Waals surface area contributed by atoms with Gasteiger partial charge in [0.2, 0.25) is 5.91 Å². The van der Waals surface area contributed by atoms with Crippen molar-refractivity contribution < 1.29 is 27.5 Å². The molecule has 2 saturated heterocycles. The Morgan fingerprint density at radius 3 is 2.74 bits per heavy atom. The number of alkyl halides is 1. The summed E-state index contributed by atoms with van der Waals surface area (Å²) in [6.07, 6.45) is -2.06. The standard InChI is InChI=1S/C16H27FN4O5S/c1-9(2)6-18-16(24)20-4-3-10-5-12(22)15(14(17)11(10)7-20)21-8-13(23)19-27(21,25)26/h9-12,14-15,22H,3-8H2,1-2H3,(H,18,24)(H,19,23). The number of nitrogens with one attached hydrogen (secondary N) is 2. The molecule has 11 heteroatoms. The average molecular weight is 406 g/mol. The van der Waals surface area contributed by atoms with Gasteiger partial charge in [-0.3, -0.25) is 4.79 Å². The molecule has 0 aromatic rings. The fourth-order valence-electron chi connectivity index (χ4n) is 4.26. The number of piperidine rings is 1. The molecule has 0 radical (unpaired) electrons.